The average molecular weight is 388 g/mol. The van der Waals surface area contributed by atoms with Gasteiger partial charge in [-0.25, -0.2) is 4.39 Å². The number of fused-ring (bicyclic) bond motifs is 1. The minimum absolute atomic E-state index is 0.0530. The van der Waals surface area contributed by atoms with Crippen LogP contribution in [0, 0.1) is 12.7 Å². The maximum absolute atomic E-state index is 14.5. The van der Waals surface area contributed by atoms with Gasteiger partial charge in [-0.1, -0.05) is 36.4 Å². The van der Waals surface area contributed by atoms with Gasteiger partial charge in [-0.05, 0) is 71.8 Å². The van der Waals surface area contributed by atoms with E-state index < -0.39 is 5.41 Å². The summed E-state index contributed by atoms with van der Waals surface area (Å²) >= 11 is 0. The molecule has 4 heteroatoms. The maximum atomic E-state index is 14.5. The number of benzene rings is 3. The SMILES string of the molecule is Cc1ccccc1-c1ccc(F)c(CC(=O)C2(c3ccc4c(c3)OCO4)CC2)c1. The van der Waals surface area contributed by atoms with Crippen LogP contribution in [0.4, 0.5) is 4.39 Å². The lowest BCUT2D eigenvalue weighted by molar-refractivity contribution is -0.120. The standard InChI is InChI=1S/C25H21FO3/c1-16-4-2-3-5-20(16)17-6-8-21(26)18(12-17)13-24(27)25(10-11-25)19-7-9-22-23(14-19)29-15-28-22/h2-9,12,14H,10-11,13,15H2,1H3. The van der Waals surface area contributed by atoms with Gasteiger partial charge in [0.2, 0.25) is 6.79 Å². The Morgan fingerprint density at radius 1 is 1.00 bits per heavy atom. The highest BCUT2D eigenvalue weighted by Crippen LogP contribution is 2.51. The number of aryl methyl sites for hydroxylation is 1. The molecule has 0 bridgehead atoms. The first kappa shape index (κ1) is 17.9. The molecule has 0 amide bonds. The number of hydrogen-bond acceptors (Lipinski definition) is 3. The van der Waals surface area contributed by atoms with Crippen molar-refractivity contribution >= 4 is 5.78 Å². The second-order valence-electron chi connectivity index (χ2n) is 7.87. The van der Waals surface area contributed by atoms with Crippen LogP contribution in [-0.4, -0.2) is 12.6 Å². The number of Topliss-reactive ketones (excluding diaryl/α,β-unsaturated/α-hetero) is 1. The molecule has 3 nitrogen and oxygen atoms in total. The quantitative estimate of drug-likeness (QED) is 0.589. The predicted molar refractivity (Wildman–Crippen MR) is 109 cm³/mol. The Kier molecular flexibility index (Phi) is 4.16. The van der Waals surface area contributed by atoms with E-state index in [2.05, 4.69) is 0 Å². The molecule has 1 fully saturated rings. The van der Waals surface area contributed by atoms with Gasteiger partial charge >= 0.3 is 0 Å². The Balaban J connectivity index is 1.44. The molecule has 0 spiro atoms. The molecule has 1 saturated carbocycles. The van der Waals surface area contributed by atoms with E-state index in [0.717, 1.165) is 35.1 Å². The number of ether oxygens (including phenoxy) is 2. The molecule has 1 aliphatic carbocycles. The van der Waals surface area contributed by atoms with Crippen molar-refractivity contribution in [1.82, 2.24) is 0 Å². The molecule has 5 rings (SSSR count). The van der Waals surface area contributed by atoms with E-state index in [4.69, 9.17) is 9.47 Å². The molecule has 29 heavy (non-hydrogen) atoms. The Morgan fingerprint density at radius 2 is 1.79 bits per heavy atom. The zero-order valence-electron chi connectivity index (χ0n) is 16.2. The van der Waals surface area contributed by atoms with Crippen molar-refractivity contribution < 1.29 is 18.7 Å². The topological polar surface area (TPSA) is 35.5 Å². The van der Waals surface area contributed by atoms with Gasteiger partial charge in [0.1, 0.15) is 11.6 Å². The molecule has 1 heterocycles. The number of ketones is 1. The van der Waals surface area contributed by atoms with Crippen LogP contribution in [0.5, 0.6) is 11.5 Å². The van der Waals surface area contributed by atoms with Gasteiger partial charge in [-0.15, -0.1) is 0 Å². The van der Waals surface area contributed by atoms with Crippen LogP contribution in [0.1, 0.15) is 29.5 Å². The lowest BCUT2D eigenvalue weighted by atomic mass is 9.87. The van der Waals surface area contributed by atoms with Crippen LogP contribution < -0.4 is 9.47 Å². The van der Waals surface area contributed by atoms with Gasteiger partial charge in [0.15, 0.2) is 11.5 Å². The molecule has 0 atom stereocenters. The number of carbonyl (C=O) groups is 1. The summed E-state index contributed by atoms with van der Waals surface area (Å²) in [6.45, 7) is 2.24. The minimum Gasteiger partial charge on any atom is -0.454 e. The van der Waals surface area contributed by atoms with Gasteiger partial charge in [0, 0.05) is 6.42 Å². The van der Waals surface area contributed by atoms with Crippen LogP contribution >= 0.6 is 0 Å². The molecule has 0 aromatic heterocycles. The van der Waals surface area contributed by atoms with Crippen molar-refractivity contribution in [2.24, 2.45) is 0 Å². The van der Waals surface area contributed by atoms with E-state index in [9.17, 15) is 9.18 Å². The van der Waals surface area contributed by atoms with Gasteiger partial charge < -0.3 is 9.47 Å². The van der Waals surface area contributed by atoms with Crippen molar-refractivity contribution in [3.63, 3.8) is 0 Å². The Labute approximate surface area is 169 Å². The lowest BCUT2D eigenvalue weighted by Gasteiger charge is -2.16. The highest BCUT2D eigenvalue weighted by Gasteiger charge is 2.51. The third kappa shape index (κ3) is 3.09. The third-order valence-corrected chi connectivity index (χ3v) is 6.06. The molecule has 0 unspecified atom stereocenters. The first-order valence-corrected chi connectivity index (χ1v) is 9.85. The highest BCUT2D eigenvalue weighted by molar-refractivity contribution is 5.95. The van der Waals surface area contributed by atoms with Crippen molar-refractivity contribution in [3.8, 4) is 22.6 Å². The summed E-state index contributed by atoms with van der Waals surface area (Å²) in [6.07, 6.45) is 1.65. The van der Waals surface area contributed by atoms with Gasteiger partial charge in [-0.3, -0.25) is 4.79 Å². The van der Waals surface area contributed by atoms with Crippen molar-refractivity contribution in [2.75, 3.05) is 6.79 Å². The van der Waals surface area contributed by atoms with E-state index in [1.54, 1.807) is 6.07 Å². The van der Waals surface area contributed by atoms with E-state index in [1.807, 2.05) is 55.5 Å². The summed E-state index contributed by atoms with van der Waals surface area (Å²) in [4.78, 5) is 13.2. The smallest absolute Gasteiger partial charge is 0.231 e. The van der Waals surface area contributed by atoms with Crippen LogP contribution in [0.2, 0.25) is 0 Å². The fourth-order valence-corrected chi connectivity index (χ4v) is 4.16. The lowest BCUT2D eigenvalue weighted by Crippen LogP contribution is -2.23. The van der Waals surface area contributed by atoms with Crippen molar-refractivity contribution in [1.29, 1.82) is 0 Å². The third-order valence-electron chi connectivity index (χ3n) is 6.06. The summed E-state index contributed by atoms with van der Waals surface area (Å²) in [5.74, 6) is 1.10. The predicted octanol–water partition coefficient (Wildman–Crippen LogP) is 5.37. The Morgan fingerprint density at radius 3 is 2.59 bits per heavy atom. The van der Waals surface area contributed by atoms with Crippen LogP contribution in [0.3, 0.4) is 0 Å². The first-order valence-electron chi connectivity index (χ1n) is 9.85. The minimum atomic E-state index is -0.536. The molecule has 3 aromatic rings. The molecule has 1 aliphatic heterocycles. The normalized spacial score (nSPS) is 15.9. The molecular formula is C25H21FO3. The van der Waals surface area contributed by atoms with Crippen molar-refractivity contribution in [2.45, 2.75) is 31.6 Å². The average Bonchev–Trinajstić information content (AvgIpc) is 3.41. The van der Waals surface area contributed by atoms with Gasteiger partial charge in [0.25, 0.3) is 0 Å². The Hall–Kier alpha value is -3.14. The first-order chi connectivity index (χ1) is 14.1. The summed E-state index contributed by atoms with van der Waals surface area (Å²) in [7, 11) is 0. The largest absolute Gasteiger partial charge is 0.454 e. The fourth-order valence-electron chi connectivity index (χ4n) is 4.16. The molecule has 0 saturated heterocycles. The number of carbonyl (C=O) groups excluding carboxylic acids is 1. The van der Waals surface area contributed by atoms with E-state index in [0.29, 0.717) is 17.1 Å². The number of rotatable bonds is 5. The molecule has 2 aliphatic rings. The van der Waals surface area contributed by atoms with Gasteiger partial charge in [0.05, 0.1) is 5.41 Å². The van der Waals surface area contributed by atoms with E-state index >= 15 is 0 Å². The Bertz CT molecular complexity index is 1110. The van der Waals surface area contributed by atoms with E-state index in [1.165, 1.54) is 6.07 Å². The zero-order valence-corrected chi connectivity index (χ0v) is 16.2. The fraction of sp³-hybridized carbons (Fsp3) is 0.240. The summed E-state index contributed by atoms with van der Waals surface area (Å²) in [6, 6.07) is 18.7. The number of halogens is 1. The summed E-state index contributed by atoms with van der Waals surface area (Å²) < 4.78 is 25.4. The monoisotopic (exact) mass is 388 g/mol. The zero-order chi connectivity index (χ0) is 20.0. The summed E-state index contributed by atoms with van der Waals surface area (Å²) in [5, 5.41) is 0. The second kappa shape index (κ2) is 6.73. The molecule has 3 aromatic carbocycles. The van der Waals surface area contributed by atoms with Crippen LogP contribution in [-0.2, 0) is 16.6 Å². The molecular weight excluding hydrogens is 367 g/mol. The maximum Gasteiger partial charge on any atom is 0.231 e. The van der Waals surface area contributed by atoms with Crippen LogP contribution in [0.25, 0.3) is 11.1 Å². The number of hydrogen-bond donors (Lipinski definition) is 0. The van der Waals surface area contributed by atoms with E-state index in [-0.39, 0.29) is 24.8 Å². The van der Waals surface area contributed by atoms with Crippen LogP contribution in [0.15, 0.2) is 60.7 Å². The molecule has 146 valence electrons. The highest BCUT2D eigenvalue weighted by atomic mass is 19.1. The summed E-state index contributed by atoms with van der Waals surface area (Å²) in [5.41, 5.74) is 3.95. The molecule has 0 radical (unpaired) electrons. The molecule has 0 N–H and O–H groups in total. The van der Waals surface area contributed by atoms with Crippen molar-refractivity contribution in [3.05, 3.63) is 83.2 Å². The second-order valence-corrected chi connectivity index (χ2v) is 7.87. The van der Waals surface area contributed by atoms with Gasteiger partial charge in [-0.2, -0.15) is 0 Å².